The largest absolute Gasteiger partial charge is 0.318 e. The highest BCUT2D eigenvalue weighted by Gasteiger charge is 2.45. The lowest BCUT2D eigenvalue weighted by Gasteiger charge is -2.48. The van der Waals surface area contributed by atoms with Crippen molar-refractivity contribution in [3.05, 3.63) is 22.4 Å². The molecule has 1 N–H and O–H groups in total. The first-order chi connectivity index (χ1) is 9.77. The number of hydrogen-bond acceptors (Lipinski definition) is 3. The molecule has 0 aromatic carbocycles. The van der Waals surface area contributed by atoms with Crippen LogP contribution in [0.3, 0.4) is 0 Å². The molecule has 0 radical (unpaired) electrons. The van der Waals surface area contributed by atoms with Crippen molar-refractivity contribution in [2.45, 2.75) is 59.2 Å². The third-order valence-electron chi connectivity index (χ3n) is 4.75. The summed E-state index contributed by atoms with van der Waals surface area (Å²) in [5.74, 6) is 0.256. The van der Waals surface area contributed by atoms with E-state index in [9.17, 15) is 4.79 Å². The summed E-state index contributed by atoms with van der Waals surface area (Å²) >= 11 is 1.73. The van der Waals surface area contributed by atoms with Gasteiger partial charge in [-0.05, 0) is 41.5 Å². The van der Waals surface area contributed by atoms with E-state index in [2.05, 4.69) is 55.4 Å². The van der Waals surface area contributed by atoms with Crippen molar-refractivity contribution in [3.8, 4) is 0 Å². The standard InChI is InChI=1S/C17H26N2OS/c1-16(2)8-12(9-17(3,4)11-16)19-14(20)10-18-15(19)13-6-5-7-21-13/h5-7,12,15,18H,8-11H2,1-4H3. The molecule has 4 heteroatoms. The van der Waals surface area contributed by atoms with Crippen LogP contribution in [-0.2, 0) is 4.79 Å². The minimum absolute atomic E-state index is 0.0761. The highest BCUT2D eigenvalue weighted by Crippen LogP contribution is 2.48. The molecule has 3 nitrogen and oxygen atoms in total. The molecule has 1 aromatic heterocycles. The summed E-state index contributed by atoms with van der Waals surface area (Å²) in [6.45, 7) is 9.84. The summed E-state index contributed by atoms with van der Waals surface area (Å²) in [6, 6.07) is 4.54. The lowest BCUT2D eigenvalue weighted by molar-refractivity contribution is -0.133. The average molecular weight is 306 g/mol. The molecule has 1 saturated heterocycles. The Bertz CT molecular complexity index is 505. The van der Waals surface area contributed by atoms with Crippen LogP contribution in [0, 0.1) is 10.8 Å². The van der Waals surface area contributed by atoms with Crippen LogP contribution in [0.2, 0.25) is 0 Å². The van der Waals surface area contributed by atoms with Crippen LogP contribution >= 0.6 is 11.3 Å². The molecule has 0 bridgehead atoms. The van der Waals surface area contributed by atoms with E-state index in [1.54, 1.807) is 11.3 Å². The van der Waals surface area contributed by atoms with Gasteiger partial charge in [-0.1, -0.05) is 33.8 Å². The molecule has 2 heterocycles. The van der Waals surface area contributed by atoms with Crippen LogP contribution in [0.25, 0.3) is 0 Å². The number of hydrogen-bond donors (Lipinski definition) is 1. The minimum atomic E-state index is 0.0761. The van der Waals surface area contributed by atoms with Crippen molar-refractivity contribution in [2.75, 3.05) is 6.54 Å². The fourth-order valence-electron chi connectivity index (χ4n) is 4.60. The second-order valence-electron chi connectivity index (χ2n) is 8.17. The number of nitrogens with one attached hydrogen (secondary N) is 1. The van der Waals surface area contributed by atoms with Crippen molar-refractivity contribution in [1.82, 2.24) is 10.2 Å². The highest BCUT2D eigenvalue weighted by atomic mass is 32.1. The van der Waals surface area contributed by atoms with E-state index >= 15 is 0 Å². The quantitative estimate of drug-likeness (QED) is 0.902. The Morgan fingerprint density at radius 3 is 2.48 bits per heavy atom. The SMILES string of the molecule is CC1(C)CC(N2C(=O)CNC2c2cccs2)CC(C)(C)C1. The second kappa shape index (κ2) is 5.10. The van der Waals surface area contributed by atoms with E-state index in [0.717, 1.165) is 12.8 Å². The third-order valence-corrected chi connectivity index (χ3v) is 5.68. The van der Waals surface area contributed by atoms with Crippen LogP contribution in [0.15, 0.2) is 17.5 Å². The zero-order valence-corrected chi connectivity index (χ0v) is 14.3. The fraction of sp³-hybridized carbons (Fsp3) is 0.706. The van der Waals surface area contributed by atoms with Crippen LogP contribution in [0.1, 0.15) is 58.0 Å². The lowest BCUT2D eigenvalue weighted by Crippen LogP contribution is -2.48. The first-order valence-corrected chi connectivity index (χ1v) is 8.73. The molecule has 1 aliphatic carbocycles. The van der Waals surface area contributed by atoms with Crippen molar-refractivity contribution in [2.24, 2.45) is 10.8 Å². The van der Waals surface area contributed by atoms with Crippen molar-refractivity contribution in [3.63, 3.8) is 0 Å². The van der Waals surface area contributed by atoms with E-state index in [-0.39, 0.29) is 12.1 Å². The summed E-state index contributed by atoms with van der Waals surface area (Å²) in [5, 5.41) is 5.49. The zero-order chi connectivity index (χ0) is 15.3. The highest BCUT2D eigenvalue weighted by molar-refractivity contribution is 7.10. The third kappa shape index (κ3) is 3.02. The van der Waals surface area contributed by atoms with Crippen LogP contribution in [0.5, 0.6) is 0 Å². The van der Waals surface area contributed by atoms with Crippen LogP contribution in [-0.4, -0.2) is 23.4 Å². The molecule has 21 heavy (non-hydrogen) atoms. The van der Waals surface area contributed by atoms with Crippen molar-refractivity contribution < 1.29 is 4.79 Å². The molecule has 1 aliphatic heterocycles. The minimum Gasteiger partial charge on any atom is -0.318 e. The average Bonchev–Trinajstić information content (AvgIpc) is 2.92. The van der Waals surface area contributed by atoms with Crippen LogP contribution < -0.4 is 5.32 Å². The van der Waals surface area contributed by atoms with Gasteiger partial charge in [-0.3, -0.25) is 10.1 Å². The van der Waals surface area contributed by atoms with Gasteiger partial charge < -0.3 is 4.90 Å². The molecule has 2 aliphatic rings. The fourth-order valence-corrected chi connectivity index (χ4v) is 5.40. The number of rotatable bonds is 2. The molecular weight excluding hydrogens is 280 g/mol. The number of carbonyl (C=O) groups is 1. The molecule has 1 saturated carbocycles. The van der Waals surface area contributed by atoms with Gasteiger partial charge in [0.15, 0.2) is 0 Å². The summed E-state index contributed by atoms with van der Waals surface area (Å²) < 4.78 is 0. The molecule has 1 aromatic rings. The first kappa shape index (κ1) is 15.0. The molecular formula is C17H26N2OS. The van der Waals surface area contributed by atoms with E-state index in [1.807, 2.05) is 0 Å². The topological polar surface area (TPSA) is 32.3 Å². The smallest absolute Gasteiger partial charge is 0.238 e. The maximum Gasteiger partial charge on any atom is 0.238 e. The monoisotopic (exact) mass is 306 g/mol. The van der Waals surface area contributed by atoms with Gasteiger partial charge in [-0.25, -0.2) is 0 Å². The molecule has 1 atom stereocenters. The Morgan fingerprint density at radius 1 is 1.24 bits per heavy atom. The Hall–Kier alpha value is -0.870. The van der Waals surface area contributed by atoms with Gasteiger partial charge in [0.25, 0.3) is 0 Å². The summed E-state index contributed by atoms with van der Waals surface area (Å²) in [6.07, 6.45) is 3.51. The maximum absolute atomic E-state index is 12.5. The predicted octanol–water partition coefficient (Wildman–Crippen LogP) is 3.78. The Balaban J connectivity index is 1.88. The van der Waals surface area contributed by atoms with Gasteiger partial charge in [0.1, 0.15) is 6.17 Å². The van der Waals surface area contributed by atoms with Gasteiger partial charge in [-0.15, -0.1) is 11.3 Å². The first-order valence-electron chi connectivity index (χ1n) is 7.85. The lowest BCUT2D eigenvalue weighted by atomic mass is 9.63. The van der Waals surface area contributed by atoms with Gasteiger partial charge >= 0.3 is 0 Å². The molecule has 1 unspecified atom stereocenters. The van der Waals surface area contributed by atoms with Crippen molar-refractivity contribution >= 4 is 17.2 Å². The maximum atomic E-state index is 12.5. The number of amides is 1. The van der Waals surface area contributed by atoms with Crippen LogP contribution in [0.4, 0.5) is 0 Å². The van der Waals surface area contributed by atoms with Gasteiger partial charge in [0.2, 0.25) is 5.91 Å². The van der Waals surface area contributed by atoms with E-state index < -0.39 is 0 Å². The molecule has 2 fully saturated rings. The van der Waals surface area contributed by atoms with E-state index in [1.165, 1.54) is 11.3 Å². The van der Waals surface area contributed by atoms with E-state index in [0.29, 0.717) is 23.4 Å². The van der Waals surface area contributed by atoms with E-state index in [4.69, 9.17) is 0 Å². The summed E-state index contributed by atoms with van der Waals surface area (Å²) in [4.78, 5) is 15.9. The molecule has 3 rings (SSSR count). The van der Waals surface area contributed by atoms with Gasteiger partial charge in [-0.2, -0.15) is 0 Å². The Kier molecular flexibility index (Phi) is 3.65. The predicted molar refractivity (Wildman–Crippen MR) is 87.1 cm³/mol. The Morgan fingerprint density at radius 2 is 1.90 bits per heavy atom. The van der Waals surface area contributed by atoms with Gasteiger partial charge in [0.05, 0.1) is 6.54 Å². The zero-order valence-electron chi connectivity index (χ0n) is 13.5. The number of carbonyl (C=O) groups excluding carboxylic acids is 1. The van der Waals surface area contributed by atoms with Crippen molar-refractivity contribution in [1.29, 1.82) is 0 Å². The van der Waals surface area contributed by atoms with Gasteiger partial charge in [0, 0.05) is 10.9 Å². The molecule has 1 amide bonds. The number of thiophene rings is 1. The normalized spacial score (nSPS) is 29.0. The summed E-state index contributed by atoms with van der Waals surface area (Å²) in [7, 11) is 0. The molecule has 116 valence electrons. The second-order valence-corrected chi connectivity index (χ2v) is 9.15. The Labute approximate surface area is 131 Å². The molecule has 0 spiro atoms. The number of nitrogens with zero attached hydrogens (tertiary/aromatic N) is 1. The summed E-state index contributed by atoms with van der Waals surface area (Å²) in [5.41, 5.74) is 0.602.